The molecule has 0 aliphatic carbocycles. The van der Waals surface area contributed by atoms with E-state index in [1.165, 1.54) is 16.2 Å². The van der Waals surface area contributed by atoms with Gasteiger partial charge in [-0.2, -0.15) is 0 Å². The maximum Gasteiger partial charge on any atom is 0.253 e. The highest BCUT2D eigenvalue weighted by atomic mass is 32.2. The minimum absolute atomic E-state index is 0.0276. The predicted octanol–water partition coefficient (Wildman–Crippen LogP) is 4.11. The van der Waals surface area contributed by atoms with Gasteiger partial charge >= 0.3 is 0 Å². The third-order valence-corrected chi connectivity index (χ3v) is 10.3. The first kappa shape index (κ1) is 24.8. The van der Waals surface area contributed by atoms with Crippen LogP contribution in [0.4, 0.5) is 0 Å². The molecular formula is C26H26N2O5S2. The highest BCUT2D eigenvalue weighted by Crippen LogP contribution is 2.45. The fourth-order valence-corrected chi connectivity index (χ4v) is 7.97. The smallest absolute Gasteiger partial charge is 0.253 e. The summed E-state index contributed by atoms with van der Waals surface area (Å²) in [5, 5.41) is 9.23. The van der Waals surface area contributed by atoms with Crippen LogP contribution in [0, 0.1) is 0 Å². The zero-order chi connectivity index (χ0) is 25.1. The Hall–Kier alpha value is -3.27. The number of hydrogen-bond acceptors (Lipinski definition) is 6. The van der Waals surface area contributed by atoms with Crippen molar-refractivity contribution in [1.29, 1.82) is 0 Å². The molecule has 4 rings (SSSR count). The van der Waals surface area contributed by atoms with Crippen LogP contribution in [-0.2, 0) is 19.4 Å². The van der Waals surface area contributed by atoms with Gasteiger partial charge in [0.2, 0.25) is 5.91 Å². The van der Waals surface area contributed by atoms with Gasteiger partial charge in [0.05, 0.1) is 12.2 Å². The van der Waals surface area contributed by atoms with Gasteiger partial charge in [-0.1, -0.05) is 55.1 Å². The lowest BCUT2D eigenvalue weighted by atomic mass is 9.97. The van der Waals surface area contributed by atoms with Crippen molar-refractivity contribution in [1.82, 2.24) is 10.4 Å². The molecule has 9 heteroatoms. The molecule has 7 nitrogen and oxygen atoms in total. The Morgan fingerprint density at radius 2 is 1.77 bits per heavy atom. The monoisotopic (exact) mass is 510 g/mol. The number of sulfone groups is 1. The molecule has 0 saturated carbocycles. The van der Waals surface area contributed by atoms with Crippen molar-refractivity contribution < 1.29 is 23.2 Å². The molecule has 2 N–H and O–H groups in total. The number of thiophene rings is 1. The molecule has 2 heterocycles. The van der Waals surface area contributed by atoms with Crippen LogP contribution in [0.25, 0.3) is 16.5 Å². The van der Waals surface area contributed by atoms with Crippen LogP contribution in [-0.4, -0.2) is 49.2 Å². The summed E-state index contributed by atoms with van der Waals surface area (Å²) in [5.74, 6) is -1.33. The number of hydroxylamine groups is 1. The quantitative estimate of drug-likeness (QED) is 0.384. The lowest BCUT2D eigenvalue weighted by Crippen LogP contribution is -2.41. The zero-order valence-electron chi connectivity index (χ0n) is 19.0. The highest BCUT2D eigenvalue weighted by Gasteiger charge is 2.49. The molecule has 2 amide bonds. The summed E-state index contributed by atoms with van der Waals surface area (Å²) < 4.78 is 25.9. The molecule has 1 fully saturated rings. The van der Waals surface area contributed by atoms with E-state index in [4.69, 9.17) is 0 Å². The molecule has 0 radical (unpaired) electrons. The van der Waals surface area contributed by atoms with E-state index in [1.54, 1.807) is 41.9 Å². The minimum Gasteiger partial charge on any atom is -0.338 e. The number of nitrogens with zero attached hydrogens (tertiary/aromatic N) is 1. The average molecular weight is 511 g/mol. The Kier molecular flexibility index (Phi) is 7.20. The number of amides is 2. The largest absolute Gasteiger partial charge is 0.338 e. The molecule has 35 heavy (non-hydrogen) atoms. The highest BCUT2D eigenvalue weighted by molar-refractivity contribution is 7.92. The van der Waals surface area contributed by atoms with Gasteiger partial charge in [-0.3, -0.25) is 14.8 Å². The first-order valence-electron chi connectivity index (χ1n) is 11.1. The summed E-state index contributed by atoms with van der Waals surface area (Å²) in [5.41, 5.74) is 3.95. The molecule has 1 atom stereocenters. The van der Waals surface area contributed by atoms with Crippen LogP contribution in [0.5, 0.6) is 0 Å². The van der Waals surface area contributed by atoms with Crippen molar-refractivity contribution in [2.45, 2.75) is 17.6 Å². The number of carbonyl (C=O) groups excluding carboxylic acids is 2. The molecule has 1 saturated heterocycles. The molecule has 0 spiro atoms. The summed E-state index contributed by atoms with van der Waals surface area (Å²) in [4.78, 5) is 28.3. The van der Waals surface area contributed by atoms with Crippen LogP contribution < -0.4 is 5.48 Å². The standard InChI is InChI=1S/C26H26N2O5S2/c1-2-19-8-10-20(11-9-19)22-12-13-23(34-22)26(18-24(29)27-31)14-15-28(16-17-35(26,32)33)25(30)21-6-4-3-5-7-21/h2-13,31H,1,14-18H2,(H,27,29). The number of carbonyl (C=O) groups is 2. The number of nitrogens with one attached hydrogen (secondary N) is 1. The third-order valence-electron chi connectivity index (χ3n) is 6.38. The number of benzene rings is 2. The van der Waals surface area contributed by atoms with Crippen molar-refractivity contribution in [2.75, 3.05) is 18.8 Å². The van der Waals surface area contributed by atoms with E-state index in [1.807, 2.05) is 36.4 Å². The molecule has 182 valence electrons. The van der Waals surface area contributed by atoms with Crippen molar-refractivity contribution in [3.05, 3.63) is 89.3 Å². The Balaban J connectivity index is 1.72. The molecule has 1 aliphatic heterocycles. The predicted molar refractivity (Wildman–Crippen MR) is 137 cm³/mol. The maximum absolute atomic E-state index is 13.7. The Morgan fingerprint density at radius 3 is 2.43 bits per heavy atom. The van der Waals surface area contributed by atoms with Crippen LogP contribution >= 0.6 is 11.3 Å². The van der Waals surface area contributed by atoms with E-state index >= 15 is 0 Å². The Labute approximate surface area is 208 Å². The summed E-state index contributed by atoms with van der Waals surface area (Å²) in [7, 11) is -3.88. The van der Waals surface area contributed by atoms with Crippen molar-refractivity contribution >= 4 is 39.1 Å². The summed E-state index contributed by atoms with van der Waals surface area (Å²) in [6.07, 6.45) is 1.35. The first-order chi connectivity index (χ1) is 16.8. The molecule has 1 aliphatic rings. The van der Waals surface area contributed by atoms with Gasteiger partial charge in [0.1, 0.15) is 4.75 Å². The van der Waals surface area contributed by atoms with Gasteiger partial charge in [-0.05, 0) is 41.8 Å². The van der Waals surface area contributed by atoms with E-state index in [2.05, 4.69) is 6.58 Å². The minimum atomic E-state index is -3.88. The molecular weight excluding hydrogens is 484 g/mol. The summed E-state index contributed by atoms with van der Waals surface area (Å²) in [6.45, 7) is 3.94. The van der Waals surface area contributed by atoms with Crippen LogP contribution in [0.3, 0.4) is 0 Å². The van der Waals surface area contributed by atoms with Gasteiger partial charge in [0.15, 0.2) is 9.84 Å². The lowest BCUT2D eigenvalue weighted by Gasteiger charge is -2.30. The molecule has 0 bridgehead atoms. The Morgan fingerprint density at radius 1 is 1.06 bits per heavy atom. The van der Waals surface area contributed by atoms with E-state index in [9.17, 15) is 23.2 Å². The Bertz CT molecular complexity index is 1330. The van der Waals surface area contributed by atoms with Gasteiger partial charge in [0.25, 0.3) is 5.91 Å². The van der Waals surface area contributed by atoms with Gasteiger partial charge in [-0.25, -0.2) is 13.9 Å². The van der Waals surface area contributed by atoms with Gasteiger partial charge in [0, 0.05) is 28.4 Å². The van der Waals surface area contributed by atoms with E-state index in [0.717, 1.165) is 16.0 Å². The SMILES string of the molecule is C=Cc1ccc(-c2ccc(C3(CC(=O)NO)CCN(C(=O)c4ccccc4)CCS3(=O)=O)s2)cc1. The maximum atomic E-state index is 13.7. The summed E-state index contributed by atoms with van der Waals surface area (Å²) in [6, 6.07) is 20.0. The van der Waals surface area contributed by atoms with Crippen molar-refractivity contribution in [2.24, 2.45) is 0 Å². The van der Waals surface area contributed by atoms with E-state index in [-0.39, 0.29) is 31.2 Å². The van der Waals surface area contributed by atoms with Gasteiger partial charge < -0.3 is 4.90 Å². The molecule has 2 aromatic carbocycles. The number of hydrogen-bond donors (Lipinski definition) is 2. The second-order valence-corrected chi connectivity index (χ2v) is 11.9. The second kappa shape index (κ2) is 10.2. The molecule has 3 aromatic rings. The average Bonchev–Trinajstić information content (AvgIpc) is 3.34. The lowest BCUT2D eigenvalue weighted by molar-refractivity contribution is -0.129. The number of rotatable bonds is 6. The van der Waals surface area contributed by atoms with Crippen LogP contribution in [0.1, 0.15) is 33.6 Å². The van der Waals surface area contributed by atoms with E-state index in [0.29, 0.717) is 10.4 Å². The normalized spacial score (nSPS) is 19.5. The fourth-order valence-electron chi connectivity index (χ4n) is 4.36. The van der Waals surface area contributed by atoms with Crippen LogP contribution in [0.15, 0.2) is 73.3 Å². The zero-order valence-corrected chi connectivity index (χ0v) is 20.6. The van der Waals surface area contributed by atoms with Crippen LogP contribution in [0.2, 0.25) is 0 Å². The molecule has 1 aromatic heterocycles. The second-order valence-electron chi connectivity index (χ2n) is 8.42. The third kappa shape index (κ3) is 4.93. The van der Waals surface area contributed by atoms with E-state index < -0.39 is 26.9 Å². The fraction of sp³-hybridized carbons (Fsp3) is 0.231. The summed E-state index contributed by atoms with van der Waals surface area (Å²) >= 11 is 1.30. The topological polar surface area (TPSA) is 104 Å². The first-order valence-corrected chi connectivity index (χ1v) is 13.6. The van der Waals surface area contributed by atoms with Gasteiger partial charge in [-0.15, -0.1) is 11.3 Å². The van der Waals surface area contributed by atoms with Crippen molar-refractivity contribution in [3.8, 4) is 10.4 Å². The van der Waals surface area contributed by atoms with Crippen molar-refractivity contribution in [3.63, 3.8) is 0 Å². The molecule has 1 unspecified atom stereocenters.